The number of carbonyl (C=O) groups excluding carboxylic acids is 1. The molecule has 1 amide bonds. The molecule has 1 aliphatic heterocycles. The number of amides is 1. The molecule has 1 saturated heterocycles. The fraction of sp³-hybridized carbons (Fsp3) is 0.588. The lowest BCUT2D eigenvalue weighted by atomic mass is 10.0. The van der Waals surface area contributed by atoms with Gasteiger partial charge in [0.2, 0.25) is 0 Å². The number of ether oxygens (including phenoxy) is 2. The third kappa shape index (κ3) is 3.96. The van der Waals surface area contributed by atoms with Gasteiger partial charge < -0.3 is 19.4 Å². The summed E-state index contributed by atoms with van der Waals surface area (Å²) >= 11 is 0. The van der Waals surface area contributed by atoms with Crippen molar-refractivity contribution in [3.8, 4) is 6.01 Å². The van der Waals surface area contributed by atoms with Gasteiger partial charge in [0, 0.05) is 12.7 Å². The number of hydrogen-bond acceptors (Lipinski definition) is 5. The second-order valence-electron chi connectivity index (χ2n) is 7.05. The molecule has 0 saturated carbocycles. The third-order valence-electron chi connectivity index (χ3n) is 3.90. The van der Waals surface area contributed by atoms with Gasteiger partial charge in [-0.05, 0) is 52.2 Å². The maximum atomic E-state index is 12.4. The van der Waals surface area contributed by atoms with E-state index in [4.69, 9.17) is 9.47 Å². The minimum Gasteiger partial charge on any atom is -0.463 e. The largest absolute Gasteiger partial charge is 0.463 e. The lowest BCUT2D eigenvalue weighted by Gasteiger charge is -2.36. The number of fused-ring (bicyclic) bond motifs is 1. The monoisotopic (exact) mass is 332 g/mol. The molecule has 2 aromatic heterocycles. The Balaban J connectivity index is 1.64. The highest BCUT2D eigenvalue weighted by Crippen LogP contribution is 2.21. The zero-order chi connectivity index (χ0) is 17.2. The number of piperidine rings is 1. The molecule has 0 bridgehead atoms. The van der Waals surface area contributed by atoms with Gasteiger partial charge in [-0.15, -0.1) is 0 Å². The van der Waals surface area contributed by atoms with Crippen molar-refractivity contribution in [1.29, 1.82) is 0 Å². The first-order chi connectivity index (χ1) is 11.4. The number of nitrogens with zero attached hydrogens (tertiary/aromatic N) is 3. The first kappa shape index (κ1) is 16.5. The van der Waals surface area contributed by atoms with Crippen LogP contribution in [0.1, 0.15) is 40.0 Å². The molecule has 3 heterocycles. The van der Waals surface area contributed by atoms with Crippen molar-refractivity contribution in [2.24, 2.45) is 0 Å². The van der Waals surface area contributed by atoms with Crippen LogP contribution >= 0.6 is 0 Å². The molecule has 130 valence electrons. The van der Waals surface area contributed by atoms with E-state index >= 15 is 0 Å². The fourth-order valence-corrected chi connectivity index (χ4v) is 2.80. The first-order valence-electron chi connectivity index (χ1n) is 8.35. The molecule has 1 unspecified atom stereocenters. The Labute approximate surface area is 141 Å². The van der Waals surface area contributed by atoms with Gasteiger partial charge in [-0.25, -0.2) is 9.78 Å². The molecule has 7 nitrogen and oxygen atoms in total. The van der Waals surface area contributed by atoms with Crippen molar-refractivity contribution in [3.63, 3.8) is 0 Å². The maximum Gasteiger partial charge on any atom is 0.410 e. The van der Waals surface area contributed by atoms with Crippen molar-refractivity contribution in [1.82, 2.24) is 19.9 Å². The van der Waals surface area contributed by atoms with E-state index in [2.05, 4.69) is 15.0 Å². The Hall–Kier alpha value is -2.31. The normalized spacial score (nSPS) is 18.6. The molecule has 24 heavy (non-hydrogen) atoms. The van der Waals surface area contributed by atoms with Gasteiger partial charge in [0.1, 0.15) is 12.2 Å². The van der Waals surface area contributed by atoms with Crippen LogP contribution in [0.5, 0.6) is 6.01 Å². The van der Waals surface area contributed by atoms with Crippen LogP contribution in [0.15, 0.2) is 18.3 Å². The summed E-state index contributed by atoms with van der Waals surface area (Å²) < 4.78 is 11.3. The van der Waals surface area contributed by atoms with E-state index in [1.807, 2.05) is 32.9 Å². The van der Waals surface area contributed by atoms with Crippen LogP contribution in [-0.2, 0) is 4.74 Å². The molecular weight excluding hydrogens is 308 g/mol. The second-order valence-corrected chi connectivity index (χ2v) is 7.05. The third-order valence-corrected chi connectivity index (χ3v) is 3.90. The van der Waals surface area contributed by atoms with E-state index in [1.165, 1.54) is 0 Å². The number of aromatic amines is 1. The minimum absolute atomic E-state index is 0.00484. The molecule has 3 rings (SSSR count). The van der Waals surface area contributed by atoms with Gasteiger partial charge in [-0.2, -0.15) is 4.98 Å². The number of carbonyl (C=O) groups is 1. The predicted octanol–water partition coefficient (Wildman–Crippen LogP) is 3.13. The van der Waals surface area contributed by atoms with Crippen LogP contribution in [0.3, 0.4) is 0 Å². The minimum atomic E-state index is -0.496. The average Bonchev–Trinajstić information content (AvgIpc) is 2.94. The summed E-state index contributed by atoms with van der Waals surface area (Å²) in [6.07, 6.45) is 4.39. The highest BCUT2D eigenvalue weighted by molar-refractivity contribution is 5.70. The van der Waals surface area contributed by atoms with Crippen molar-refractivity contribution >= 4 is 17.3 Å². The number of hydrogen-bond donors (Lipinski definition) is 1. The SMILES string of the molecule is CC(C)(C)OC(=O)N1CCCCC1COc1nc2ncccc2[nH]1. The number of rotatable bonds is 3. The number of imidazole rings is 1. The van der Waals surface area contributed by atoms with Crippen LogP contribution in [0.25, 0.3) is 11.2 Å². The van der Waals surface area contributed by atoms with Gasteiger partial charge >= 0.3 is 6.09 Å². The Kier molecular flexibility index (Phi) is 4.59. The van der Waals surface area contributed by atoms with Gasteiger partial charge in [0.15, 0.2) is 5.65 Å². The van der Waals surface area contributed by atoms with Crippen LogP contribution in [-0.4, -0.2) is 50.7 Å². The summed E-state index contributed by atoms with van der Waals surface area (Å²) in [5.74, 6) is 0. The molecule has 2 aromatic rings. The highest BCUT2D eigenvalue weighted by atomic mass is 16.6. The lowest BCUT2D eigenvalue weighted by molar-refractivity contribution is 0.00312. The number of pyridine rings is 1. The molecule has 0 aliphatic carbocycles. The Morgan fingerprint density at radius 3 is 3.00 bits per heavy atom. The molecule has 1 aliphatic rings. The summed E-state index contributed by atoms with van der Waals surface area (Å²) in [6, 6.07) is 4.17. The average molecular weight is 332 g/mol. The van der Waals surface area contributed by atoms with Gasteiger partial charge in [0.05, 0.1) is 11.6 Å². The standard InChI is InChI=1S/C17H24N4O3/c1-17(2,3)24-16(22)21-10-5-4-7-12(21)11-23-15-19-13-8-6-9-18-14(13)20-15/h6,8-9,12H,4-5,7,10-11H2,1-3H3,(H,18,19,20). The summed E-state index contributed by atoms with van der Waals surface area (Å²) in [7, 11) is 0. The van der Waals surface area contributed by atoms with Crippen LogP contribution < -0.4 is 4.74 Å². The van der Waals surface area contributed by atoms with Crippen molar-refractivity contribution in [2.75, 3.05) is 13.2 Å². The second kappa shape index (κ2) is 6.67. The molecule has 1 atom stereocenters. The Bertz CT molecular complexity index is 674. The number of aromatic nitrogens is 3. The topological polar surface area (TPSA) is 80.3 Å². The number of nitrogens with one attached hydrogen (secondary N) is 1. The number of H-pyrrole nitrogens is 1. The number of likely N-dealkylation sites (tertiary alicyclic amines) is 1. The summed E-state index contributed by atoms with van der Waals surface area (Å²) in [6.45, 7) is 6.72. The Morgan fingerprint density at radius 1 is 1.42 bits per heavy atom. The van der Waals surface area contributed by atoms with E-state index in [0.29, 0.717) is 24.8 Å². The van der Waals surface area contributed by atoms with Gasteiger partial charge in [0.25, 0.3) is 6.01 Å². The van der Waals surface area contributed by atoms with Gasteiger partial charge in [-0.1, -0.05) is 0 Å². The molecule has 0 radical (unpaired) electrons. The van der Waals surface area contributed by atoms with Crippen molar-refractivity contribution in [3.05, 3.63) is 18.3 Å². The van der Waals surface area contributed by atoms with E-state index in [9.17, 15) is 4.79 Å². The molecule has 7 heteroatoms. The lowest BCUT2D eigenvalue weighted by Crippen LogP contribution is -2.48. The molecule has 1 N–H and O–H groups in total. The van der Waals surface area contributed by atoms with Crippen LogP contribution in [0.2, 0.25) is 0 Å². The highest BCUT2D eigenvalue weighted by Gasteiger charge is 2.31. The summed E-state index contributed by atoms with van der Waals surface area (Å²) in [4.78, 5) is 25.7. The van der Waals surface area contributed by atoms with E-state index in [-0.39, 0.29) is 12.1 Å². The zero-order valence-electron chi connectivity index (χ0n) is 14.4. The Morgan fingerprint density at radius 2 is 2.25 bits per heavy atom. The quantitative estimate of drug-likeness (QED) is 0.934. The van der Waals surface area contributed by atoms with Crippen molar-refractivity contribution < 1.29 is 14.3 Å². The van der Waals surface area contributed by atoms with E-state index < -0.39 is 5.60 Å². The van der Waals surface area contributed by atoms with E-state index in [0.717, 1.165) is 24.8 Å². The molecule has 1 fully saturated rings. The first-order valence-corrected chi connectivity index (χ1v) is 8.35. The van der Waals surface area contributed by atoms with Crippen LogP contribution in [0.4, 0.5) is 4.79 Å². The zero-order valence-corrected chi connectivity index (χ0v) is 14.4. The fourth-order valence-electron chi connectivity index (χ4n) is 2.80. The summed E-state index contributed by atoms with van der Waals surface area (Å²) in [5, 5.41) is 0. The summed E-state index contributed by atoms with van der Waals surface area (Å²) in [5.41, 5.74) is 0.963. The van der Waals surface area contributed by atoms with Crippen molar-refractivity contribution in [2.45, 2.75) is 51.7 Å². The smallest absolute Gasteiger partial charge is 0.410 e. The van der Waals surface area contributed by atoms with Crippen LogP contribution in [0, 0.1) is 0 Å². The van der Waals surface area contributed by atoms with Gasteiger partial charge in [-0.3, -0.25) is 0 Å². The maximum absolute atomic E-state index is 12.4. The molecular formula is C17H24N4O3. The molecule has 0 spiro atoms. The molecule has 0 aromatic carbocycles. The predicted molar refractivity (Wildman–Crippen MR) is 90.0 cm³/mol. The van der Waals surface area contributed by atoms with E-state index in [1.54, 1.807) is 11.1 Å².